The van der Waals surface area contributed by atoms with Crippen LogP contribution in [0, 0.1) is 6.92 Å². The second-order valence-electron chi connectivity index (χ2n) is 5.37. The van der Waals surface area contributed by atoms with E-state index in [0.29, 0.717) is 18.2 Å². The third kappa shape index (κ3) is 4.70. The summed E-state index contributed by atoms with van der Waals surface area (Å²) >= 11 is 3.44. The predicted molar refractivity (Wildman–Crippen MR) is 105 cm³/mol. The lowest BCUT2D eigenvalue weighted by Gasteiger charge is -2.13. The third-order valence-electron chi connectivity index (χ3n) is 3.40. The highest BCUT2D eigenvalue weighted by molar-refractivity contribution is 9.10. The molecule has 3 aromatic rings. The van der Waals surface area contributed by atoms with Gasteiger partial charge in [-0.05, 0) is 50.2 Å². The molecule has 0 aliphatic rings. The summed E-state index contributed by atoms with van der Waals surface area (Å²) in [5.41, 5.74) is 1.83. The van der Waals surface area contributed by atoms with Gasteiger partial charge in [0.15, 0.2) is 0 Å². The van der Waals surface area contributed by atoms with Crippen LogP contribution in [0.3, 0.4) is 0 Å². The van der Waals surface area contributed by atoms with Gasteiger partial charge >= 0.3 is 0 Å². The molecular weight excluding hydrogens is 380 g/mol. The molecule has 1 heterocycles. The van der Waals surface area contributed by atoms with Gasteiger partial charge in [-0.2, -0.15) is 0 Å². The average molecular weight is 399 g/mol. The smallest absolute Gasteiger partial charge is 0.142 e. The van der Waals surface area contributed by atoms with Crippen LogP contribution < -0.4 is 15.4 Å². The fourth-order valence-corrected chi connectivity index (χ4v) is 2.63. The highest BCUT2D eigenvalue weighted by Gasteiger charge is 2.07. The lowest BCUT2D eigenvalue weighted by Crippen LogP contribution is -2.03. The highest BCUT2D eigenvalue weighted by Crippen LogP contribution is 2.28. The van der Waals surface area contributed by atoms with E-state index in [1.54, 1.807) is 0 Å². The normalized spacial score (nSPS) is 10.4. The van der Waals surface area contributed by atoms with Crippen LogP contribution in [-0.2, 0) is 0 Å². The molecule has 0 aliphatic carbocycles. The van der Waals surface area contributed by atoms with Crippen molar-refractivity contribution in [3.8, 4) is 5.75 Å². The monoisotopic (exact) mass is 398 g/mol. The Morgan fingerprint density at radius 2 is 1.64 bits per heavy atom. The summed E-state index contributed by atoms with van der Waals surface area (Å²) in [4.78, 5) is 8.91. The molecule has 3 rings (SSSR count). The number of nitrogens with zero attached hydrogens (tertiary/aromatic N) is 2. The average Bonchev–Trinajstić information content (AvgIpc) is 2.58. The lowest BCUT2D eigenvalue weighted by atomic mass is 10.3. The quantitative estimate of drug-likeness (QED) is 0.579. The van der Waals surface area contributed by atoms with E-state index in [1.807, 2.05) is 68.4 Å². The Morgan fingerprint density at radius 1 is 0.960 bits per heavy atom. The molecule has 0 spiro atoms. The number of rotatable bonds is 6. The first kappa shape index (κ1) is 17.2. The molecule has 1 aromatic heterocycles. The number of aromatic nitrogens is 2. The van der Waals surface area contributed by atoms with Crippen molar-refractivity contribution < 1.29 is 4.74 Å². The molecule has 0 amide bonds. The first-order chi connectivity index (χ1) is 12.1. The van der Waals surface area contributed by atoms with Crippen LogP contribution in [0.5, 0.6) is 5.75 Å². The van der Waals surface area contributed by atoms with E-state index < -0.39 is 0 Å². The molecule has 5 nitrogen and oxygen atoms in total. The van der Waals surface area contributed by atoms with Gasteiger partial charge in [0.2, 0.25) is 0 Å². The number of aryl methyl sites for hydroxylation is 1. The summed E-state index contributed by atoms with van der Waals surface area (Å²) in [5.74, 6) is 2.91. The minimum atomic E-state index is 0.609. The first-order valence-electron chi connectivity index (χ1n) is 8.01. The molecule has 0 saturated heterocycles. The number of hydrogen-bond acceptors (Lipinski definition) is 5. The number of halogens is 1. The van der Waals surface area contributed by atoms with Crippen LogP contribution in [-0.4, -0.2) is 16.6 Å². The van der Waals surface area contributed by atoms with Gasteiger partial charge in [0.05, 0.1) is 12.3 Å². The van der Waals surface area contributed by atoms with Crippen LogP contribution in [0.15, 0.2) is 59.1 Å². The standard InChI is InChI=1S/C19H19BrN4O/c1-3-25-17-7-5-4-6-16(17)24-19-12-18(21-13(2)22-19)23-15-10-8-14(20)9-11-15/h4-12H,3H2,1-2H3,(H2,21,22,23,24). The summed E-state index contributed by atoms with van der Waals surface area (Å²) in [5, 5.41) is 6.60. The SMILES string of the molecule is CCOc1ccccc1Nc1cc(Nc2ccc(Br)cc2)nc(C)n1. The number of para-hydroxylation sites is 2. The minimum absolute atomic E-state index is 0.609. The zero-order valence-electron chi connectivity index (χ0n) is 14.1. The van der Waals surface area contributed by atoms with Crippen molar-refractivity contribution in [3.05, 3.63) is 64.9 Å². The molecular formula is C19H19BrN4O. The zero-order valence-corrected chi connectivity index (χ0v) is 15.7. The van der Waals surface area contributed by atoms with Crippen molar-refractivity contribution >= 4 is 38.9 Å². The van der Waals surface area contributed by atoms with Gasteiger partial charge in [0.25, 0.3) is 0 Å². The second-order valence-corrected chi connectivity index (χ2v) is 6.29. The molecule has 6 heteroatoms. The van der Waals surface area contributed by atoms with Gasteiger partial charge in [-0.3, -0.25) is 0 Å². The summed E-state index contributed by atoms with van der Waals surface area (Å²) < 4.78 is 6.68. The van der Waals surface area contributed by atoms with Crippen molar-refractivity contribution in [3.63, 3.8) is 0 Å². The summed E-state index contributed by atoms with van der Waals surface area (Å²) in [6.45, 7) is 4.44. The Labute approximate surface area is 155 Å². The maximum Gasteiger partial charge on any atom is 0.142 e. The van der Waals surface area contributed by atoms with Crippen LogP contribution >= 0.6 is 15.9 Å². The summed E-state index contributed by atoms with van der Waals surface area (Å²) in [6.07, 6.45) is 0. The van der Waals surface area contributed by atoms with Crippen molar-refractivity contribution in [2.75, 3.05) is 17.2 Å². The fourth-order valence-electron chi connectivity index (χ4n) is 2.37. The Kier molecular flexibility index (Phi) is 5.50. The van der Waals surface area contributed by atoms with E-state index in [1.165, 1.54) is 0 Å². The number of hydrogen-bond donors (Lipinski definition) is 2. The van der Waals surface area contributed by atoms with E-state index in [2.05, 4.69) is 36.5 Å². The Bertz CT molecular complexity index is 852. The minimum Gasteiger partial charge on any atom is -0.492 e. The maximum absolute atomic E-state index is 5.65. The van der Waals surface area contributed by atoms with Crippen molar-refractivity contribution in [1.82, 2.24) is 9.97 Å². The second kappa shape index (κ2) is 7.98. The van der Waals surface area contributed by atoms with Crippen LogP contribution in [0.1, 0.15) is 12.7 Å². The number of anilines is 4. The van der Waals surface area contributed by atoms with Gasteiger partial charge in [-0.1, -0.05) is 28.1 Å². The summed E-state index contributed by atoms with van der Waals surface area (Å²) in [6, 6.07) is 17.6. The van der Waals surface area contributed by atoms with E-state index in [9.17, 15) is 0 Å². The van der Waals surface area contributed by atoms with Crippen LogP contribution in [0.2, 0.25) is 0 Å². The number of ether oxygens (including phenoxy) is 1. The summed E-state index contributed by atoms with van der Waals surface area (Å²) in [7, 11) is 0. The van der Waals surface area contributed by atoms with Crippen molar-refractivity contribution in [2.45, 2.75) is 13.8 Å². The van der Waals surface area contributed by atoms with Crippen molar-refractivity contribution in [1.29, 1.82) is 0 Å². The Balaban J connectivity index is 1.83. The number of nitrogens with one attached hydrogen (secondary N) is 2. The fraction of sp³-hybridized carbons (Fsp3) is 0.158. The molecule has 2 N–H and O–H groups in total. The zero-order chi connectivity index (χ0) is 17.6. The molecule has 0 radical (unpaired) electrons. The van der Waals surface area contributed by atoms with Gasteiger partial charge < -0.3 is 15.4 Å². The molecule has 2 aromatic carbocycles. The van der Waals surface area contributed by atoms with Gasteiger partial charge in [-0.15, -0.1) is 0 Å². The predicted octanol–water partition coefficient (Wildman–Crippen LogP) is 5.43. The molecule has 0 atom stereocenters. The Hall–Kier alpha value is -2.60. The van der Waals surface area contributed by atoms with Gasteiger partial charge in [-0.25, -0.2) is 9.97 Å². The third-order valence-corrected chi connectivity index (χ3v) is 3.93. The van der Waals surface area contributed by atoms with Crippen LogP contribution in [0.25, 0.3) is 0 Å². The Morgan fingerprint density at radius 3 is 2.36 bits per heavy atom. The van der Waals surface area contributed by atoms with E-state index in [0.717, 1.165) is 27.4 Å². The lowest BCUT2D eigenvalue weighted by molar-refractivity contribution is 0.342. The molecule has 128 valence electrons. The topological polar surface area (TPSA) is 59.1 Å². The molecule has 0 fully saturated rings. The number of benzene rings is 2. The van der Waals surface area contributed by atoms with Crippen LogP contribution in [0.4, 0.5) is 23.0 Å². The van der Waals surface area contributed by atoms with Gasteiger partial charge in [0.1, 0.15) is 23.2 Å². The van der Waals surface area contributed by atoms with Crippen molar-refractivity contribution in [2.24, 2.45) is 0 Å². The molecule has 0 aliphatic heterocycles. The molecule has 0 saturated carbocycles. The van der Waals surface area contributed by atoms with E-state index >= 15 is 0 Å². The molecule has 0 unspecified atom stereocenters. The maximum atomic E-state index is 5.65. The van der Waals surface area contributed by atoms with E-state index in [4.69, 9.17) is 4.74 Å². The van der Waals surface area contributed by atoms with Gasteiger partial charge in [0, 0.05) is 16.2 Å². The molecule has 0 bridgehead atoms. The van der Waals surface area contributed by atoms with E-state index in [-0.39, 0.29) is 0 Å². The largest absolute Gasteiger partial charge is 0.492 e. The highest BCUT2D eigenvalue weighted by atomic mass is 79.9. The first-order valence-corrected chi connectivity index (χ1v) is 8.80. The molecule has 25 heavy (non-hydrogen) atoms.